The van der Waals surface area contributed by atoms with Gasteiger partial charge >= 0.3 is 0 Å². The fraction of sp³-hybridized carbons (Fsp3) is 0.886. The van der Waals surface area contributed by atoms with E-state index < -0.39 is 16.1 Å². The minimum atomic E-state index is -1.60. The van der Waals surface area contributed by atoms with Gasteiger partial charge in [-0.2, -0.15) is 0 Å². The Morgan fingerprint density at radius 3 is 1.67 bits per heavy atom. The Bertz CT molecular complexity index is 1040. The van der Waals surface area contributed by atoms with Crippen LogP contribution in [-0.4, -0.2) is 89.6 Å². The fourth-order valence-corrected chi connectivity index (χ4v) is 21.8. The lowest BCUT2D eigenvalue weighted by Crippen LogP contribution is -2.69. The number of hydrogen-bond donors (Lipinski definition) is 4. The molecule has 7 rings (SSSR count). The predicted octanol–water partition coefficient (Wildman–Crippen LogP) is 6.44. The Morgan fingerprint density at radius 1 is 0.767 bits per heavy atom. The number of nitrogens with one attached hydrogen (secondary N) is 4. The van der Waals surface area contributed by atoms with Gasteiger partial charge in [0, 0.05) is 62.4 Å². The molecule has 0 spiro atoms. The number of piperazine rings is 2. The zero-order chi connectivity index (χ0) is 30.9. The van der Waals surface area contributed by atoms with Crippen molar-refractivity contribution in [1.82, 2.24) is 21.3 Å². The van der Waals surface area contributed by atoms with Crippen LogP contribution in [0.25, 0.3) is 0 Å². The molecule has 43 heavy (non-hydrogen) atoms. The molecule has 0 aromatic carbocycles. The van der Waals surface area contributed by atoms with Crippen molar-refractivity contribution in [2.24, 2.45) is 29.6 Å². The first kappa shape index (κ1) is 33.5. The van der Waals surface area contributed by atoms with Gasteiger partial charge in [-0.15, -0.1) is 9.24 Å². The van der Waals surface area contributed by atoms with E-state index in [2.05, 4.69) is 96.6 Å². The highest BCUT2D eigenvalue weighted by molar-refractivity contribution is 7.60. The lowest BCUT2D eigenvalue weighted by Gasteiger charge is -2.59. The Kier molecular flexibility index (Phi) is 9.55. The zero-order valence-electron chi connectivity index (χ0n) is 29.2. The standard InChI is InChI=1S/C35H66N4P2Si2/c1-34(2,3)41(32-25-15-23-14-24(17-25)18-26(32)16-23)22-27-28(19-29(42(4,5)6)33(27)43(7,8)9)35(40,30-20-36-10-12-38-30)31-21-37-11-13-39-31/h19,23-27,30-32,36-39H,10-18,20-22,40H2,1-9H3. The predicted molar refractivity (Wildman–Crippen MR) is 199 cm³/mol. The van der Waals surface area contributed by atoms with E-state index in [0.29, 0.717) is 23.2 Å². The highest BCUT2D eigenvalue weighted by atomic mass is 31.1. The molecule has 2 aliphatic heterocycles. The van der Waals surface area contributed by atoms with Crippen molar-refractivity contribution < 1.29 is 0 Å². The molecule has 5 atom stereocenters. The van der Waals surface area contributed by atoms with Crippen molar-refractivity contribution >= 4 is 33.3 Å². The fourth-order valence-electron chi connectivity index (χ4n) is 10.9. The maximum Gasteiger partial charge on any atom is 0.0770 e. The van der Waals surface area contributed by atoms with E-state index in [4.69, 9.17) is 0 Å². The number of rotatable bonds is 8. The molecule has 4 N–H and O–H groups in total. The summed E-state index contributed by atoms with van der Waals surface area (Å²) in [5.74, 6) is 4.76. The summed E-state index contributed by atoms with van der Waals surface area (Å²) >= 11 is 0. The molecule has 5 aliphatic carbocycles. The van der Waals surface area contributed by atoms with Crippen LogP contribution in [-0.2, 0) is 0 Å². The highest BCUT2D eigenvalue weighted by Crippen LogP contribution is 2.69. The van der Waals surface area contributed by atoms with Crippen molar-refractivity contribution in [1.29, 1.82) is 0 Å². The van der Waals surface area contributed by atoms with Gasteiger partial charge in [-0.05, 0) is 72.8 Å². The molecule has 6 fully saturated rings. The molecule has 4 saturated carbocycles. The second-order valence-electron chi connectivity index (χ2n) is 18.6. The maximum absolute atomic E-state index is 4.07. The van der Waals surface area contributed by atoms with Crippen molar-refractivity contribution in [2.45, 2.75) is 120 Å². The molecule has 8 heteroatoms. The van der Waals surface area contributed by atoms with Crippen LogP contribution in [0.15, 0.2) is 22.0 Å². The Labute approximate surface area is 271 Å². The molecule has 0 radical (unpaired) electrons. The molecule has 0 amide bonds. The first-order valence-electron chi connectivity index (χ1n) is 18.0. The van der Waals surface area contributed by atoms with E-state index in [0.717, 1.165) is 68.6 Å². The second kappa shape index (κ2) is 12.3. The third-order valence-corrected chi connectivity index (χ3v) is 22.1. The van der Waals surface area contributed by atoms with Gasteiger partial charge in [-0.3, -0.25) is 0 Å². The third-order valence-electron chi connectivity index (χ3n) is 12.4. The van der Waals surface area contributed by atoms with Gasteiger partial charge in [0.05, 0.1) is 16.1 Å². The average Bonchev–Trinajstić information content (AvgIpc) is 3.33. The summed E-state index contributed by atoms with van der Waals surface area (Å²) in [5, 5.41) is 19.9. The molecule has 2 saturated heterocycles. The highest BCUT2D eigenvalue weighted by Gasteiger charge is 2.56. The molecule has 0 aromatic heterocycles. The topological polar surface area (TPSA) is 48.1 Å². The van der Waals surface area contributed by atoms with Crippen molar-refractivity contribution in [3.05, 3.63) is 22.0 Å². The van der Waals surface area contributed by atoms with E-state index in [-0.39, 0.29) is 13.1 Å². The molecular formula is C35H66N4P2Si2. The van der Waals surface area contributed by atoms with E-state index in [9.17, 15) is 0 Å². The average molecular weight is 661 g/mol. The minimum Gasteiger partial charge on any atom is -0.314 e. The Hall–Kier alpha value is 0.614. The second-order valence-corrected chi connectivity index (χ2v) is 32.9. The molecule has 4 nitrogen and oxygen atoms in total. The van der Waals surface area contributed by atoms with Crippen LogP contribution < -0.4 is 21.3 Å². The van der Waals surface area contributed by atoms with Gasteiger partial charge in [0.15, 0.2) is 0 Å². The normalized spacial score (nSPS) is 39.2. The molecule has 7 aliphatic rings. The molecule has 0 aromatic rings. The van der Waals surface area contributed by atoms with Crippen LogP contribution in [0.4, 0.5) is 0 Å². The first-order chi connectivity index (χ1) is 20.1. The molecule has 4 bridgehead atoms. The van der Waals surface area contributed by atoms with Crippen LogP contribution in [0.3, 0.4) is 0 Å². The summed E-state index contributed by atoms with van der Waals surface area (Å²) in [6.07, 6.45) is 12.1. The van der Waals surface area contributed by atoms with E-state index in [1.807, 2.05) is 10.4 Å². The van der Waals surface area contributed by atoms with E-state index >= 15 is 0 Å². The van der Waals surface area contributed by atoms with Gasteiger partial charge in [0.1, 0.15) is 0 Å². The largest absolute Gasteiger partial charge is 0.314 e. The summed E-state index contributed by atoms with van der Waals surface area (Å²) in [6, 6.07) is 0.839. The Morgan fingerprint density at radius 2 is 1.28 bits per heavy atom. The van der Waals surface area contributed by atoms with Gasteiger partial charge < -0.3 is 21.3 Å². The van der Waals surface area contributed by atoms with Gasteiger partial charge in [-0.25, -0.2) is 0 Å². The lowest BCUT2D eigenvalue weighted by molar-refractivity contribution is 0.0242. The van der Waals surface area contributed by atoms with Crippen LogP contribution in [0, 0.1) is 29.6 Å². The van der Waals surface area contributed by atoms with Gasteiger partial charge in [-0.1, -0.05) is 90.0 Å². The minimum absolute atomic E-state index is 0.0131. The van der Waals surface area contributed by atoms with Gasteiger partial charge in [0.2, 0.25) is 0 Å². The molecular weight excluding hydrogens is 595 g/mol. The SMILES string of the molecule is CC(C)(C)P(CC1C(C(P)(C2CNCCN2)C2CNCCN2)=CC([Si](C)(C)C)=C1[Si](C)(C)C)C1C2CC3CC(C2)CC1C3. The third kappa shape index (κ3) is 6.42. The summed E-state index contributed by atoms with van der Waals surface area (Å²) < 4.78 is 0. The summed E-state index contributed by atoms with van der Waals surface area (Å²) in [4.78, 5) is 0. The van der Waals surface area contributed by atoms with E-state index in [1.165, 1.54) is 6.16 Å². The molecule has 244 valence electrons. The van der Waals surface area contributed by atoms with Crippen molar-refractivity contribution in [3.63, 3.8) is 0 Å². The number of hydrogen-bond acceptors (Lipinski definition) is 4. The van der Waals surface area contributed by atoms with Crippen molar-refractivity contribution in [3.8, 4) is 0 Å². The van der Waals surface area contributed by atoms with E-state index in [1.54, 1.807) is 37.7 Å². The molecule has 2 heterocycles. The van der Waals surface area contributed by atoms with Crippen molar-refractivity contribution in [2.75, 3.05) is 45.4 Å². The monoisotopic (exact) mass is 660 g/mol. The van der Waals surface area contributed by atoms with Crippen LogP contribution in [0.2, 0.25) is 39.3 Å². The quantitative estimate of drug-likeness (QED) is 0.179. The van der Waals surface area contributed by atoms with Crippen LogP contribution in [0.5, 0.6) is 0 Å². The smallest absolute Gasteiger partial charge is 0.0770 e. The number of allylic oxidation sites excluding steroid dienone is 3. The summed E-state index contributed by atoms with van der Waals surface area (Å²) in [7, 11) is 0.306. The first-order valence-corrected chi connectivity index (χ1v) is 27.2. The maximum atomic E-state index is 4.07. The Balaban J connectivity index is 1.47. The van der Waals surface area contributed by atoms with Crippen LogP contribution in [0.1, 0.15) is 52.9 Å². The lowest BCUT2D eigenvalue weighted by atomic mass is 9.56. The summed E-state index contributed by atoms with van der Waals surface area (Å²) in [5.41, 5.74) is 2.78. The zero-order valence-corrected chi connectivity index (χ0v) is 33.3. The van der Waals surface area contributed by atoms with Crippen LogP contribution >= 0.6 is 17.2 Å². The molecule has 5 unspecified atom stereocenters. The van der Waals surface area contributed by atoms with Gasteiger partial charge in [0.25, 0.3) is 0 Å². The summed E-state index contributed by atoms with van der Waals surface area (Å²) in [6.45, 7) is 30.3.